The topological polar surface area (TPSA) is 35.5 Å². The molecule has 96 valence electrons. The molecule has 0 unspecified atom stereocenters. The van der Waals surface area contributed by atoms with Crippen molar-refractivity contribution in [3.05, 3.63) is 0 Å². The summed E-state index contributed by atoms with van der Waals surface area (Å²) in [4.78, 5) is 10.3. The highest BCUT2D eigenvalue weighted by Crippen LogP contribution is 2.27. The fourth-order valence-corrected chi connectivity index (χ4v) is 2.21. The standard InChI is InChI=1S/C7H11Cl2F3O3Si/c8-6(9,4-15-16)2-1-3-14-5(13)7(10,11)12/h1-4H2,16H3. The minimum atomic E-state index is -4.96. The van der Waals surface area contributed by atoms with Crippen LogP contribution in [0.5, 0.6) is 0 Å². The molecule has 0 aromatic rings. The fourth-order valence-electron chi connectivity index (χ4n) is 0.861. The molecule has 0 rings (SSSR count). The second-order valence-electron chi connectivity index (χ2n) is 3.03. The monoisotopic (exact) mass is 298 g/mol. The molecule has 0 aromatic carbocycles. The minimum Gasteiger partial charge on any atom is -0.459 e. The molecule has 0 saturated carbocycles. The third-order valence-electron chi connectivity index (χ3n) is 1.51. The Labute approximate surface area is 104 Å². The molecule has 0 aliphatic heterocycles. The van der Waals surface area contributed by atoms with Crippen molar-refractivity contribution in [2.45, 2.75) is 23.4 Å². The third-order valence-corrected chi connectivity index (χ3v) is 2.39. The lowest BCUT2D eigenvalue weighted by molar-refractivity contribution is -0.199. The number of ether oxygens (including phenoxy) is 1. The normalized spacial score (nSPS) is 12.8. The Hall–Kier alpha value is 0.0169. The van der Waals surface area contributed by atoms with Gasteiger partial charge in [0, 0.05) is 0 Å². The second kappa shape index (κ2) is 6.68. The summed E-state index contributed by atoms with van der Waals surface area (Å²) < 4.78 is 42.7. The first-order valence-electron chi connectivity index (χ1n) is 4.30. The summed E-state index contributed by atoms with van der Waals surface area (Å²) in [5.74, 6) is -2.21. The van der Waals surface area contributed by atoms with Crippen LogP contribution in [-0.4, -0.2) is 40.2 Å². The van der Waals surface area contributed by atoms with Gasteiger partial charge in [0.15, 0.2) is 0 Å². The lowest BCUT2D eigenvalue weighted by Crippen LogP contribution is -2.26. The first-order chi connectivity index (χ1) is 7.19. The number of hydrogen-bond acceptors (Lipinski definition) is 3. The van der Waals surface area contributed by atoms with E-state index in [0.717, 1.165) is 0 Å². The quantitative estimate of drug-likeness (QED) is 0.321. The first-order valence-corrected chi connectivity index (χ1v) is 5.87. The lowest BCUT2D eigenvalue weighted by atomic mass is 10.2. The Balaban J connectivity index is 3.73. The van der Waals surface area contributed by atoms with Gasteiger partial charge < -0.3 is 9.16 Å². The van der Waals surface area contributed by atoms with Crippen molar-refractivity contribution in [3.63, 3.8) is 0 Å². The van der Waals surface area contributed by atoms with E-state index < -0.39 is 16.5 Å². The lowest BCUT2D eigenvalue weighted by Gasteiger charge is -2.18. The van der Waals surface area contributed by atoms with Crippen LogP contribution in [0.15, 0.2) is 0 Å². The predicted molar refractivity (Wildman–Crippen MR) is 56.6 cm³/mol. The number of hydrogen-bond donors (Lipinski definition) is 0. The highest BCUT2D eigenvalue weighted by atomic mass is 35.5. The molecule has 0 amide bonds. The van der Waals surface area contributed by atoms with Gasteiger partial charge in [-0.25, -0.2) is 4.79 Å². The second-order valence-corrected chi connectivity index (χ2v) is 5.24. The average Bonchev–Trinajstić information content (AvgIpc) is 2.10. The van der Waals surface area contributed by atoms with Gasteiger partial charge in [-0.1, -0.05) is 23.2 Å². The summed E-state index contributed by atoms with van der Waals surface area (Å²) in [7, 11) is 0.467. The smallest absolute Gasteiger partial charge is 0.459 e. The van der Waals surface area contributed by atoms with Crippen molar-refractivity contribution in [2.75, 3.05) is 13.2 Å². The zero-order valence-electron chi connectivity index (χ0n) is 8.44. The summed E-state index contributed by atoms with van der Waals surface area (Å²) in [6.07, 6.45) is -4.64. The predicted octanol–water partition coefficient (Wildman–Crippen LogP) is 1.34. The summed E-state index contributed by atoms with van der Waals surface area (Å²) in [6.45, 7) is -0.268. The molecule has 0 atom stereocenters. The van der Waals surface area contributed by atoms with Crippen LogP contribution in [0.2, 0.25) is 0 Å². The molecule has 0 spiro atoms. The fraction of sp³-hybridized carbons (Fsp3) is 0.857. The Bertz CT molecular complexity index is 235. The van der Waals surface area contributed by atoms with Gasteiger partial charge in [-0.3, -0.25) is 0 Å². The maximum absolute atomic E-state index is 11.7. The summed E-state index contributed by atoms with van der Waals surface area (Å²) >= 11 is 11.5. The minimum absolute atomic E-state index is 0.107. The number of rotatable bonds is 6. The van der Waals surface area contributed by atoms with Crippen LogP contribution in [0, 0.1) is 0 Å². The van der Waals surface area contributed by atoms with Crippen LogP contribution >= 0.6 is 23.2 Å². The zero-order chi connectivity index (χ0) is 12.8. The zero-order valence-corrected chi connectivity index (χ0v) is 12.0. The molecule has 0 heterocycles. The van der Waals surface area contributed by atoms with Gasteiger partial charge in [0.05, 0.1) is 13.2 Å². The van der Waals surface area contributed by atoms with Gasteiger partial charge in [0.1, 0.15) is 14.8 Å². The maximum atomic E-state index is 11.7. The Morgan fingerprint density at radius 2 is 1.88 bits per heavy atom. The van der Waals surface area contributed by atoms with Crippen molar-refractivity contribution in [1.82, 2.24) is 0 Å². The Kier molecular flexibility index (Phi) is 6.69. The van der Waals surface area contributed by atoms with E-state index >= 15 is 0 Å². The van der Waals surface area contributed by atoms with E-state index in [0.29, 0.717) is 10.5 Å². The molecule has 0 N–H and O–H groups in total. The molecular weight excluding hydrogens is 288 g/mol. The van der Waals surface area contributed by atoms with Gasteiger partial charge in [0.2, 0.25) is 0 Å². The summed E-state index contributed by atoms with van der Waals surface area (Å²) in [5, 5.41) is 0. The van der Waals surface area contributed by atoms with Crippen molar-refractivity contribution >= 4 is 39.7 Å². The van der Waals surface area contributed by atoms with E-state index in [-0.39, 0.29) is 26.1 Å². The van der Waals surface area contributed by atoms with E-state index in [1.807, 2.05) is 0 Å². The van der Waals surface area contributed by atoms with Gasteiger partial charge >= 0.3 is 12.1 Å². The van der Waals surface area contributed by atoms with Crippen LogP contribution in [0.1, 0.15) is 12.8 Å². The number of halogens is 5. The van der Waals surface area contributed by atoms with E-state index in [2.05, 4.69) is 4.74 Å². The SMILES string of the molecule is O=C(OCCCC(Cl)(Cl)CO[SiH3])C(F)(F)F. The van der Waals surface area contributed by atoms with Crippen LogP contribution in [-0.2, 0) is 14.0 Å². The first kappa shape index (κ1) is 16.0. The highest BCUT2D eigenvalue weighted by molar-refractivity contribution is 6.48. The van der Waals surface area contributed by atoms with Gasteiger partial charge in [-0.2, -0.15) is 13.2 Å². The highest BCUT2D eigenvalue weighted by Gasteiger charge is 2.40. The summed E-state index contributed by atoms with van der Waals surface area (Å²) in [6, 6.07) is 0. The van der Waals surface area contributed by atoms with E-state index in [4.69, 9.17) is 27.6 Å². The van der Waals surface area contributed by atoms with Crippen LogP contribution in [0.4, 0.5) is 13.2 Å². The van der Waals surface area contributed by atoms with E-state index in [1.54, 1.807) is 0 Å². The molecule has 0 fully saturated rings. The molecule has 0 bridgehead atoms. The molecule has 0 aliphatic rings. The Morgan fingerprint density at radius 1 is 1.31 bits per heavy atom. The molecule has 0 saturated heterocycles. The number of alkyl halides is 5. The largest absolute Gasteiger partial charge is 0.490 e. The van der Waals surface area contributed by atoms with Crippen LogP contribution < -0.4 is 0 Å². The van der Waals surface area contributed by atoms with Crippen molar-refractivity contribution in [1.29, 1.82) is 0 Å². The third kappa shape index (κ3) is 7.32. The molecule has 0 aromatic heterocycles. The van der Waals surface area contributed by atoms with Crippen molar-refractivity contribution < 1.29 is 27.1 Å². The molecule has 16 heavy (non-hydrogen) atoms. The molecule has 3 nitrogen and oxygen atoms in total. The average molecular weight is 299 g/mol. The van der Waals surface area contributed by atoms with E-state index in [1.165, 1.54) is 0 Å². The summed E-state index contributed by atoms with van der Waals surface area (Å²) in [5.41, 5.74) is 0. The van der Waals surface area contributed by atoms with Gasteiger partial charge in [0.25, 0.3) is 0 Å². The number of carbonyl (C=O) groups excluding carboxylic acids is 1. The van der Waals surface area contributed by atoms with Gasteiger partial charge in [-0.05, 0) is 12.8 Å². The van der Waals surface area contributed by atoms with Crippen LogP contribution in [0.25, 0.3) is 0 Å². The molecule has 0 aliphatic carbocycles. The van der Waals surface area contributed by atoms with Crippen molar-refractivity contribution in [2.24, 2.45) is 0 Å². The van der Waals surface area contributed by atoms with Crippen molar-refractivity contribution in [3.8, 4) is 0 Å². The number of esters is 1. The maximum Gasteiger partial charge on any atom is 0.490 e. The molecule has 9 heteroatoms. The van der Waals surface area contributed by atoms with Gasteiger partial charge in [-0.15, -0.1) is 0 Å². The molecular formula is C7H11Cl2F3O3Si. The Morgan fingerprint density at radius 3 is 2.31 bits per heavy atom. The number of carbonyl (C=O) groups is 1. The van der Waals surface area contributed by atoms with E-state index in [9.17, 15) is 18.0 Å². The molecule has 0 radical (unpaired) electrons. The van der Waals surface area contributed by atoms with Crippen LogP contribution in [0.3, 0.4) is 0 Å².